The van der Waals surface area contributed by atoms with E-state index in [9.17, 15) is 4.79 Å². The molecule has 2 aliphatic rings. The van der Waals surface area contributed by atoms with E-state index >= 15 is 0 Å². The maximum atomic E-state index is 12.3. The summed E-state index contributed by atoms with van der Waals surface area (Å²) in [5.41, 5.74) is 1.52. The van der Waals surface area contributed by atoms with Crippen LogP contribution in [0.15, 0.2) is 23.8 Å². The van der Waals surface area contributed by atoms with Gasteiger partial charge in [-0.2, -0.15) is 0 Å². The highest BCUT2D eigenvalue weighted by Crippen LogP contribution is 2.29. The summed E-state index contributed by atoms with van der Waals surface area (Å²) in [6, 6.07) is 5.59. The third-order valence-electron chi connectivity index (χ3n) is 4.14. The topological polar surface area (TPSA) is 62.8 Å². The van der Waals surface area contributed by atoms with Crippen molar-refractivity contribution in [3.05, 3.63) is 29.3 Å². The van der Waals surface area contributed by atoms with Crippen molar-refractivity contribution in [2.45, 2.75) is 0 Å². The first-order valence-electron chi connectivity index (χ1n) is 7.99. The van der Waals surface area contributed by atoms with Crippen LogP contribution in [-0.4, -0.2) is 63.8 Å². The number of carbonyl (C=O) groups is 1. The molecule has 1 fully saturated rings. The molecule has 2 aliphatic heterocycles. The van der Waals surface area contributed by atoms with Gasteiger partial charge < -0.3 is 20.1 Å². The molecule has 3 rings (SSSR count). The standard InChI is InChI=1S/C17H23N3O3/c1-22-15-2-3-16-13(11-15)10-14(12-23-16)17(21)19-6-9-20-7-4-18-5-8-20/h2-3,10-11,18H,4-9,12H2,1H3,(H,19,21). The van der Waals surface area contributed by atoms with Gasteiger partial charge >= 0.3 is 0 Å². The summed E-state index contributed by atoms with van der Waals surface area (Å²) in [5, 5.41) is 6.30. The van der Waals surface area contributed by atoms with Crippen molar-refractivity contribution in [2.75, 3.05) is 53.0 Å². The van der Waals surface area contributed by atoms with E-state index in [-0.39, 0.29) is 5.91 Å². The molecule has 0 aromatic heterocycles. The van der Waals surface area contributed by atoms with Gasteiger partial charge in [-0.15, -0.1) is 0 Å². The third kappa shape index (κ3) is 4.03. The van der Waals surface area contributed by atoms with E-state index in [1.165, 1.54) is 0 Å². The normalized spacial score (nSPS) is 17.7. The number of carbonyl (C=O) groups excluding carboxylic acids is 1. The Labute approximate surface area is 136 Å². The minimum atomic E-state index is -0.0615. The molecular formula is C17H23N3O3. The number of hydrogen-bond donors (Lipinski definition) is 2. The second kappa shape index (κ2) is 7.48. The molecule has 0 spiro atoms. The number of piperazine rings is 1. The van der Waals surface area contributed by atoms with Gasteiger partial charge in [0.1, 0.15) is 18.1 Å². The second-order valence-corrected chi connectivity index (χ2v) is 5.71. The molecule has 2 N–H and O–H groups in total. The summed E-state index contributed by atoms with van der Waals surface area (Å²) in [6.07, 6.45) is 1.88. The minimum Gasteiger partial charge on any atom is -0.497 e. The highest BCUT2D eigenvalue weighted by atomic mass is 16.5. The van der Waals surface area contributed by atoms with Crippen molar-refractivity contribution < 1.29 is 14.3 Å². The molecule has 0 saturated carbocycles. The Morgan fingerprint density at radius 1 is 1.39 bits per heavy atom. The van der Waals surface area contributed by atoms with Crippen LogP contribution in [0, 0.1) is 0 Å². The maximum absolute atomic E-state index is 12.3. The fourth-order valence-electron chi connectivity index (χ4n) is 2.79. The van der Waals surface area contributed by atoms with E-state index in [0.29, 0.717) is 18.7 Å². The smallest absolute Gasteiger partial charge is 0.250 e. The summed E-state index contributed by atoms with van der Waals surface area (Å²) >= 11 is 0. The molecule has 0 unspecified atom stereocenters. The van der Waals surface area contributed by atoms with Crippen LogP contribution < -0.4 is 20.1 Å². The van der Waals surface area contributed by atoms with Gasteiger partial charge in [-0.1, -0.05) is 0 Å². The highest BCUT2D eigenvalue weighted by Gasteiger charge is 2.18. The van der Waals surface area contributed by atoms with Crippen LogP contribution in [0.5, 0.6) is 11.5 Å². The number of benzene rings is 1. The number of methoxy groups -OCH3 is 1. The van der Waals surface area contributed by atoms with Gasteiger partial charge in [-0.05, 0) is 24.3 Å². The van der Waals surface area contributed by atoms with Crippen LogP contribution in [0.25, 0.3) is 6.08 Å². The van der Waals surface area contributed by atoms with Gasteiger partial charge in [-0.3, -0.25) is 9.69 Å². The van der Waals surface area contributed by atoms with Crippen LogP contribution >= 0.6 is 0 Å². The largest absolute Gasteiger partial charge is 0.497 e. The first kappa shape index (κ1) is 15.8. The van der Waals surface area contributed by atoms with Gasteiger partial charge in [-0.25, -0.2) is 0 Å². The molecular weight excluding hydrogens is 294 g/mol. The number of amides is 1. The molecule has 23 heavy (non-hydrogen) atoms. The minimum absolute atomic E-state index is 0.0615. The zero-order chi connectivity index (χ0) is 16.1. The van der Waals surface area contributed by atoms with Gasteiger partial charge in [0, 0.05) is 44.8 Å². The van der Waals surface area contributed by atoms with Crippen LogP contribution in [0.4, 0.5) is 0 Å². The lowest BCUT2D eigenvalue weighted by Gasteiger charge is -2.27. The summed E-state index contributed by atoms with van der Waals surface area (Å²) < 4.78 is 10.9. The SMILES string of the molecule is COc1ccc2c(c1)C=C(C(=O)NCCN1CCNCC1)CO2. The molecule has 1 aromatic carbocycles. The van der Waals surface area contributed by atoms with Crippen LogP contribution in [-0.2, 0) is 4.79 Å². The Hall–Kier alpha value is -2.05. The third-order valence-corrected chi connectivity index (χ3v) is 4.14. The summed E-state index contributed by atoms with van der Waals surface area (Å²) in [6.45, 7) is 5.95. The van der Waals surface area contributed by atoms with E-state index in [4.69, 9.17) is 9.47 Å². The van der Waals surface area contributed by atoms with E-state index in [0.717, 1.165) is 49.8 Å². The molecule has 2 heterocycles. The van der Waals surface area contributed by atoms with Crippen molar-refractivity contribution in [1.82, 2.24) is 15.5 Å². The number of nitrogens with one attached hydrogen (secondary N) is 2. The predicted octanol–water partition coefficient (Wildman–Crippen LogP) is 0.492. The van der Waals surface area contributed by atoms with Crippen molar-refractivity contribution in [1.29, 1.82) is 0 Å². The Morgan fingerprint density at radius 2 is 2.22 bits per heavy atom. The molecule has 6 heteroatoms. The number of rotatable bonds is 5. The lowest BCUT2D eigenvalue weighted by molar-refractivity contribution is -0.117. The van der Waals surface area contributed by atoms with Gasteiger partial charge in [0.2, 0.25) is 0 Å². The van der Waals surface area contributed by atoms with Gasteiger partial charge in [0.25, 0.3) is 5.91 Å². The van der Waals surface area contributed by atoms with Crippen molar-refractivity contribution in [3.8, 4) is 11.5 Å². The summed E-state index contributed by atoms with van der Waals surface area (Å²) in [4.78, 5) is 14.6. The van der Waals surface area contributed by atoms with Gasteiger partial charge in [0.05, 0.1) is 12.7 Å². The number of nitrogens with zero attached hydrogens (tertiary/aromatic N) is 1. The maximum Gasteiger partial charge on any atom is 0.250 e. The van der Waals surface area contributed by atoms with E-state index in [2.05, 4.69) is 15.5 Å². The molecule has 1 aromatic rings. The zero-order valence-corrected chi connectivity index (χ0v) is 13.4. The van der Waals surface area contributed by atoms with Crippen LogP contribution in [0.1, 0.15) is 5.56 Å². The summed E-state index contributed by atoms with van der Waals surface area (Å²) in [5.74, 6) is 1.47. The fourth-order valence-corrected chi connectivity index (χ4v) is 2.79. The Kier molecular flexibility index (Phi) is 5.15. The van der Waals surface area contributed by atoms with E-state index < -0.39 is 0 Å². The van der Waals surface area contributed by atoms with Crippen LogP contribution in [0.3, 0.4) is 0 Å². The molecule has 0 aliphatic carbocycles. The zero-order valence-electron chi connectivity index (χ0n) is 13.4. The number of fused-ring (bicyclic) bond motifs is 1. The quantitative estimate of drug-likeness (QED) is 0.828. The number of ether oxygens (including phenoxy) is 2. The van der Waals surface area contributed by atoms with E-state index in [1.54, 1.807) is 7.11 Å². The van der Waals surface area contributed by atoms with Gasteiger partial charge in [0.15, 0.2) is 0 Å². The van der Waals surface area contributed by atoms with Crippen LogP contribution in [0.2, 0.25) is 0 Å². The highest BCUT2D eigenvalue weighted by molar-refractivity contribution is 5.99. The molecule has 1 amide bonds. The van der Waals surface area contributed by atoms with Crippen molar-refractivity contribution in [3.63, 3.8) is 0 Å². The Morgan fingerprint density at radius 3 is 3.00 bits per heavy atom. The molecule has 0 bridgehead atoms. The van der Waals surface area contributed by atoms with E-state index in [1.807, 2.05) is 24.3 Å². The molecule has 0 atom stereocenters. The fraction of sp³-hybridized carbons (Fsp3) is 0.471. The molecule has 1 saturated heterocycles. The average Bonchev–Trinajstić information content (AvgIpc) is 2.61. The monoisotopic (exact) mass is 317 g/mol. The number of hydrogen-bond acceptors (Lipinski definition) is 5. The van der Waals surface area contributed by atoms with Crippen molar-refractivity contribution >= 4 is 12.0 Å². The first-order chi connectivity index (χ1) is 11.3. The Bertz CT molecular complexity index is 595. The Balaban J connectivity index is 1.55. The second-order valence-electron chi connectivity index (χ2n) is 5.71. The van der Waals surface area contributed by atoms with Crippen molar-refractivity contribution in [2.24, 2.45) is 0 Å². The molecule has 6 nitrogen and oxygen atoms in total. The molecule has 0 radical (unpaired) electrons. The average molecular weight is 317 g/mol. The summed E-state index contributed by atoms with van der Waals surface area (Å²) in [7, 11) is 1.62. The predicted molar refractivity (Wildman–Crippen MR) is 88.8 cm³/mol. The lowest BCUT2D eigenvalue weighted by atomic mass is 10.1. The lowest BCUT2D eigenvalue weighted by Crippen LogP contribution is -2.46. The first-order valence-corrected chi connectivity index (χ1v) is 7.99. The molecule has 124 valence electrons.